The Hall–Kier alpha value is -2.77. The molecule has 0 bridgehead atoms. The van der Waals surface area contributed by atoms with Gasteiger partial charge in [0.05, 0.1) is 24.6 Å². The van der Waals surface area contributed by atoms with Crippen LogP contribution in [0.25, 0.3) is 0 Å². The lowest BCUT2D eigenvalue weighted by atomic mass is 10.1. The van der Waals surface area contributed by atoms with E-state index < -0.39 is 0 Å². The molecule has 1 aromatic carbocycles. The van der Waals surface area contributed by atoms with Crippen molar-refractivity contribution in [2.75, 3.05) is 18.1 Å². The Bertz CT molecular complexity index is 860. The third kappa shape index (κ3) is 3.43. The summed E-state index contributed by atoms with van der Waals surface area (Å²) in [6.45, 7) is 3.15. The van der Waals surface area contributed by atoms with Crippen molar-refractivity contribution >= 4 is 23.8 Å². The summed E-state index contributed by atoms with van der Waals surface area (Å²) in [6, 6.07) is 9.22. The predicted octanol–water partition coefficient (Wildman–Crippen LogP) is 2.97. The molecule has 1 aromatic heterocycles. The van der Waals surface area contributed by atoms with Gasteiger partial charge < -0.3 is 9.84 Å². The van der Waals surface area contributed by atoms with Crippen LogP contribution < -0.4 is 4.90 Å². The predicted molar refractivity (Wildman–Crippen MR) is 102 cm³/mol. The summed E-state index contributed by atoms with van der Waals surface area (Å²) in [7, 11) is 0. The van der Waals surface area contributed by atoms with Crippen LogP contribution in [0.4, 0.5) is 16.3 Å². The summed E-state index contributed by atoms with van der Waals surface area (Å²) in [5.41, 5.74) is 3.36. The van der Waals surface area contributed by atoms with Crippen molar-refractivity contribution in [1.82, 2.24) is 9.99 Å². The standard InChI is InChI=1S/C20H22N4O3/c1-14-2-4-16-12-22-24(17-6-8-27-9-7-17)20(26)23(18(16)10-14)19-5-3-15(13-25)11-21-19/h2-5,10-12,17,25H,6-9,13H2,1H3. The number of amides is 2. The number of hydrazone groups is 1. The van der Waals surface area contributed by atoms with Gasteiger partial charge in [-0.1, -0.05) is 18.2 Å². The number of rotatable bonds is 3. The second-order valence-electron chi connectivity index (χ2n) is 6.80. The van der Waals surface area contributed by atoms with Gasteiger partial charge in [-0.3, -0.25) is 0 Å². The van der Waals surface area contributed by atoms with E-state index in [0.29, 0.717) is 24.6 Å². The molecule has 0 unspecified atom stereocenters. The highest BCUT2D eigenvalue weighted by molar-refractivity contribution is 6.05. The van der Waals surface area contributed by atoms with Gasteiger partial charge in [0.15, 0.2) is 0 Å². The minimum atomic E-state index is -0.230. The molecule has 2 aliphatic heterocycles. The van der Waals surface area contributed by atoms with E-state index in [-0.39, 0.29) is 18.7 Å². The van der Waals surface area contributed by atoms with Crippen LogP contribution in [0.15, 0.2) is 41.6 Å². The van der Waals surface area contributed by atoms with Gasteiger partial charge in [0.2, 0.25) is 0 Å². The summed E-state index contributed by atoms with van der Waals surface area (Å²) in [4.78, 5) is 19.5. The Morgan fingerprint density at radius 3 is 2.74 bits per heavy atom. The fourth-order valence-electron chi connectivity index (χ4n) is 3.38. The average molecular weight is 366 g/mol. The maximum absolute atomic E-state index is 13.5. The number of aromatic nitrogens is 1. The molecule has 1 fully saturated rings. The van der Waals surface area contributed by atoms with E-state index in [2.05, 4.69) is 10.1 Å². The van der Waals surface area contributed by atoms with E-state index >= 15 is 0 Å². The first kappa shape index (κ1) is 17.6. The van der Waals surface area contributed by atoms with Crippen LogP contribution in [-0.4, -0.2) is 46.6 Å². The molecule has 27 heavy (non-hydrogen) atoms. The van der Waals surface area contributed by atoms with Gasteiger partial charge in [-0.15, -0.1) is 0 Å². The number of pyridine rings is 1. The van der Waals surface area contributed by atoms with Crippen molar-refractivity contribution in [2.24, 2.45) is 5.10 Å². The van der Waals surface area contributed by atoms with Gasteiger partial charge in [0, 0.05) is 25.0 Å². The molecule has 4 rings (SSSR count). The molecule has 7 nitrogen and oxygen atoms in total. The first-order valence-corrected chi connectivity index (χ1v) is 9.09. The summed E-state index contributed by atoms with van der Waals surface area (Å²) in [5.74, 6) is 0.506. The molecule has 0 spiro atoms. The van der Waals surface area contributed by atoms with Gasteiger partial charge in [0.1, 0.15) is 5.82 Å². The largest absolute Gasteiger partial charge is 0.392 e. The number of aliphatic hydroxyl groups is 1. The van der Waals surface area contributed by atoms with E-state index in [9.17, 15) is 9.90 Å². The number of hydrogen-bond donors (Lipinski definition) is 1. The third-order valence-corrected chi connectivity index (χ3v) is 4.89. The van der Waals surface area contributed by atoms with Crippen LogP contribution in [-0.2, 0) is 11.3 Å². The molecule has 0 aliphatic carbocycles. The highest BCUT2D eigenvalue weighted by atomic mass is 16.5. The van der Waals surface area contributed by atoms with Crippen molar-refractivity contribution in [3.63, 3.8) is 0 Å². The van der Waals surface area contributed by atoms with Crippen LogP contribution in [0.1, 0.15) is 29.5 Å². The molecule has 2 aliphatic rings. The minimum absolute atomic E-state index is 0.00266. The quantitative estimate of drug-likeness (QED) is 0.906. The molecule has 140 valence electrons. The molecular formula is C20H22N4O3. The number of benzene rings is 1. The number of anilines is 2. The van der Waals surface area contributed by atoms with E-state index in [1.165, 1.54) is 0 Å². The van der Waals surface area contributed by atoms with E-state index in [4.69, 9.17) is 4.74 Å². The Morgan fingerprint density at radius 2 is 2.04 bits per heavy atom. The van der Waals surface area contributed by atoms with E-state index in [1.54, 1.807) is 34.5 Å². The first-order chi connectivity index (χ1) is 13.2. The number of carbonyl (C=O) groups excluding carboxylic acids is 1. The summed E-state index contributed by atoms with van der Waals surface area (Å²) in [5, 5.41) is 15.3. The molecule has 1 saturated heterocycles. The van der Waals surface area contributed by atoms with Gasteiger partial charge in [-0.2, -0.15) is 5.10 Å². The molecular weight excluding hydrogens is 344 g/mol. The molecule has 1 N–H and O–H groups in total. The lowest BCUT2D eigenvalue weighted by Gasteiger charge is -2.33. The number of carbonyl (C=O) groups is 1. The maximum Gasteiger partial charge on any atom is 0.351 e. The Morgan fingerprint density at radius 1 is 1.22 bits per heavy atom. The number of urea groups is 1. The zero-order valence-electron chi connectivity index (χ0n) is 15.2. The van der Waals surface area contributed by atoms with Crippen LogP contribution in [0.3, 0.4) is 0 Å². The van der Waals surface area contributed by atoms with Gasteiger partial charge in [-0.25, -0.2) is 19.7 Å². The van der Waals surface area contributed by atoms with Crippen molar-refractivity contribution in [2.45, 2.75) is 32.4 Å². The smallest absolute Gasteiger partial charge is 0.351 e. The number of ether oxygens (including phenoxy) is 1. The maximum atomic E-state index is 13.5. The lowest BCUT2D eigenvalue weighted by molar-refractivity contribution is 0.0484. The highest BCUT2D eigenvalue weighted by Gasteiger charge is 2.34. The third-order valence-electron chi connectivity index (χ3n) is 4.89. The topological polar surface area (TPSA) is 78.3 Å². The zero-order chi connectivity index (χ0) is 18.8. The normalized spacial score (nSPS) is 17.8. The highest BCUT2D eigenvalue weighted by Crippen LogP contribution is 2.32. The number of aryl methyl sites for hydroxylation is 1. The molecule has 2 amide bonds. The Labute approximate surface area is 157 Å². The molecule has 3 heterocycles. The monoisotopic (exact) mass is 366 g/mol. The van der Waals surface area contributed by atoms with Crippen molar-refractivity contribution in [1.29, 1.82) is 0 Å². The van der Waals surface area contributed by atoms with Crippen molar-refractivity contribution < 1.29 is 14.6 Å². The molecule has 0 saturated carbocycles. The summed E-state index contributed by atoms with van der Waals surface area (Å²) < 4.78 is 5.43. The van der Waals surface area contributed by atoms with Gasteiger partial charge >= 0.3 is 6.03 Å². The lowest BCUT2D eigenvalue weighted by Crippen LogP contribution is -2.45. The second-order valence-corrected chi connectivity index (χ2v) is 6.80. The SMILES string of the molecule is Cc1ccc2c(c1)N(c1ccc(CO)cn1)C(=O)N(C1CCOCC1)N=C2. The number of nitrogens with zero attached hydrogens (tertiary/aromatic N) is 4. The van der Waals surface area contributed by atoms with Gasteiger partial charge in [-0.05, 0) is 43.0 Å². The summed E-state index contributed by atoms with van der Waals surface area (Å²) >= 11 is 0. The number of fused-ring (bicyclic) bond motifs is 1. The molecule has 7 heteroatoms. The van der Waals surface area contributed by atoms with Crippen LogP contribution in [0.5, 0.6) is 0 Å². The Balaban J connectivity index is 1.79. The van der Waals surface area contributed by atoms with Gasteiger partial charge in [0.25, 0.3) is 0 Å². The van der Waals surface area contributed by atoms with E-state index in [0.717, 1.165) is 29.7 Å². The number of hydrogen-bond acceptors (Lipinski definition) is 5. The first-order valence-electron chi connectivity index (χ1n) is 9.09. The molecule has 0 atom stereocenters. The number of aliphatic hydroxyl groups excluding tert-OH is 1. The van der Waals surface area contributed by atoms with Crippen LogP contribution in [0.2, 0.25) is 0 Å². The van der Waals surface area contributed by atoms with Crippen molar-refractivity contribution in [3.8, 4) is 0 Å². The van der Waals surface area contributed by atoms with Crippen LogP contribution >= 0.6 is 0 Å². The fraction of sp³-hybridized carbons (Fsp3) is 0.350. The summed E-state index contributed by atoms with van der Waals surface area (Å²) in [6.07, 6.45) is 4.83. The van der Waals surface area contributed by atoms with Crippen molar-refractivity contribution in [3.05, 3.63) is 53.2 Å². The zero-order valence-corrected chi connectivity index (χ0v) is 15.2. The molecule has 0 radical (unpaired) electrons. The average Bonchev–Trinajstić information content (AvgIpc) is 2.84. The minimum Gasteiger partial charge on any atom is -0.392 e. The van der Waals surface area contributed by atoms with Crippen LogP contribution in [0, 0.1) is 6.92 Å². The van der Waals surface area contributed by atoms with E-state index in [1.807, 2.05) is 25.1 Å². The fourth-order valence-corrected chi connectivity index (χ4v) is 3.38. The Kier molecular flexibility index (Phi) is 4.87. The second kappa shape index (κ2) is 7.46. The molecule has 2 aromatic rings.